The third-order valence-electron chi connectivity index (χ3n) is 3.87. The van der Waals surface area contributed by atoms with Crippen LogP contribution in [0, 0.1) is 0 Å². The van der Waals surface area contributed by atoms with E-state index in [-0.39, 0.29) is 11.2 Å². The number of thioether (sulfide) groups is 1. The molecule has 6 nitrogen and oxygen atoms in total. The average molecular weight is 352 g/mol. The summed E-state index contributed by atoms with van der Waals surface area (Å²) in [6, 6.07) is 7.56. The second kappa shape index (κ2) is 7.31. The number of carbonyl (C=O) groups excluding carboxylic acids is 1. The summed E-state index contributed by atoms with van der Waals surface area (Å²) in [5.74, 6) is 0.0348. The molecular weight excluding hydrogens is 334 g/mol. The molecule has 1 aliphatic carbocycles. The highest BCUT2D eigenvalue weighted by Crippen LogP contribution is 2.24. The molecule has 0 spiro atoms. The summed E-state index contributed by atoms with van der Waals surface area (Å²) < 4.78 is 1.61. The lowest BCUT2D eigenvalue weighted by molar-refractivity contribution is -0.120. The van der Waals surface area contributed by atoms with Crippen molar-refractivity contribution in [1.29, 1.82) is 0 Å². The number of hydrogen-bond donors (Lipinski definition) is 1. The first-order valence-electron chi connectivity index (χ1n) is 7.65. The Bertz CT molecular complexity index is 669. The number of hydrogen-bond acceptors (Lipinski definition) is 5. The van der Waals surface area contributed by atoms with E-state index in [1.807, 2.05) is 19.1 Å². The van der Waals surface area contributed by atoms with Gasteiger partial charge in [-0.05, 0) is 54.5 Å². The molecule has 0 aliphatic heterocycles. The Morgan fingerprint density at radius 1 is 1.35 bits per heavy atom. The summed E-state index contributed by atoms with van der Waals surface area (Å²) in [5.41, 5.74) is 0.810. The quantitative estimate of drug-likeness (QED) is 0.838. The van der Waals surface area contributed by atoms with Crippen LogP contribution in [0.3, 0.4) is 0 Å². The fourth-order valence-electron chi connectivity index (χ4n) is 2.60. The van der Waals surface area contributed by atoms with Crippen LogP contribution in [0.2, 0.25) is 5.02 Å². The second-order valence-electron chi connectivity index (χ2n) is 5.60. The first-order valence-corrected chi connectivity index (χ1v) is 8.90. The smallest absolute Gasteiger partial charge is 0.233 e. The summed E-state index contributed by atoms with van der Waals surface area (Å²) in [5, 5.41) is 15.8. The molecule has 3 rings (SSSR count). The number of nitrogens with zero attached hydrogens (tertiary/aromatic N) is 4. The lowest BCUT2D eigenvalue weighted by Gasteiger charge is -2.15. The summed E-state index contributed by atoms with van der Waals surface area (Å²) in [7, 11) is 0. The Kier molecular flexibility index (Phi) is 5.17. The van der Waals surface area contributed by atoms with Crippen molar-refractivity contribution in [3.8, 4) is 5.69 Å². The lowest BCUT2D eigenvalue weighted by atomic mass is 10.2. The predicted molar refractivity (Wildman–Crippen MR) is 89.9 cm³/mol. The molecule has 0 bridgehead atoms. The molecule has 1 aromatic heterocycles. The molecule has 1 saturated carbocycles. The van der Waals surface area contributed by atoms with Crippen molar-refractivity contribution in [1.82, 2.24) is 25.5 Å². The van der Waals surface area contributed by atoms with E-state index < -0.39 is 0 Å². The lowest BCUT2D eigenvalue weighted by Crippen LogP contribution is -2.37. The van der Waals surface area contributed by atoms with Gasteiger partial charge in [0.2, 0.25) is 11.1 Å². The number of carbonyl (C=O) groups is 1. The molecule has 1 fully saturated rings. The van der Waals surface area contributed by atoms with Crippen LogP contribution in [0.4, 0.5) is 0 Å². The summed E-state index contributed by atoms with van der Waals surface area (Å²) in [6.07, 6.45) is 4.54. The van der Waals surface area contributed by atoms with Crippen LogP contribution < -0.4 is 5.32 Å². The number of aromatic nitrogens is 4. The molecule has 1 N–H and O–H groups in total. The number of amides is 1. The van der Waals surface area contributed by atoms with Gasteiger partial charge in [-0.2, -0.15) is 4.68 Å². The molecule has 0 radical (unpaired) electrons. The minimum absolute atomic E-state index is 0.0348. The maximum absolute atomic E-state index is 12.3. The van der Waals surface area contributed by atoms with Crippen molar-refractivity contribution in [3.05, 3.63) is 29.3 Å². The number of benzene rings is 1. The number of rotatable bonds is 5. The molecule has 1 heterocycles. The van der Waals surface area contributed by atoms with Gasteiger partial charge in [0, 0.05) is 11.1 Å². The highest BCUT2D eigenvalue weighted by atomic mass is 35.5. The molecule has 122 valence electrons. The largest absolute Gasteiger partial charge is 0.352 e. The van der Waals surface area contributed by atoms with E-state index in [1.54, 1.807) is 16.8 Å². The molecule has 1 aromatic carbocycles. The van der Waals surface area contributed by atoms with E-state index in [2.05, 4.69) is 20.8 Å². The van der Waals surface area contributed by atoms with Gasteiger partial charge >= 0.3 is 0 Å². The van der Waals surface area contributed by atoms with Gasteiger partial charge < -0.3 is 5.32 Å². The van der Waals surface area contributed by atoms with Gasteiger partial charge in [-0.15, -0.1) is 5.10 Å². The van der Waals surface area contributed by atoms with Crippen molar-refractivity contribution < 1.29 is 4.79 Å². The predicted octanol–water partition coefficient (Wildman–Crippen LogP) is 2.86. The van der Waals surface area contributed by atoms with Gasteiger partial charge in [0.1, 0.15) is 0 Å². The van der Waals surface area contributed by atoms with Crippen LogP contribution in [0.1, 0.15) is 32.6 Å². The van der Waals surface area contributed by atoms with Gasteiger partial charge in [-0.1, -0.05) is 36.2 Å². The Morgan fingerprint density at radius 2 is 2.04 bits per heavy atom. The van der Waals surface area contributed by atoms with Gasteiger partial charge in [0.15, 0.2) is 0 Å². The molecule has 1 amide bonds. The third kappa shape index (κ3) is 4.03. The van der Waals surface area contributed by atoms with Crippen LogP contribution in [-0.4, -0.2) is 37.4 Å². The van der Waals surface area contributed by atoms with E-state index in [0.717, 1.165) is 18.5 Å². The first kappa shape index (κ1) is 16.3. The molecule has 23 heavy (non-hydrogen) atoms. The van der Waals surface area contributed by atoms with E-state index >= 15 is 0 Å². The molecule has 1 aliphatic rings. The number of tetrazole rings is 1. The number of nitrogens with one attached hydrogen (secondary N) is 1. The van der Waals surface area contributed by atoms with E-state index in [9.17, 15) is 4.79 Å². The van der Waals surface area contributed by atoms with Gasteiger partial charge in [-0.25, -0.2) is 0 Å². The summed E-state index contributed by atoms with van der Waals surface area (Å²) in [6.45, 7) is 1.87. The SMILES string of the molecule is CC(Sc1nnnn1-c1ccc(Cl)cc1)C(=O)NC1CCCC1. The Morgan fingerprint density at radius 3 is 2.74 bits per heavy atom. The Balaban J connectivity index is 1.67. The highest BCUT2D eigenvalue weighted by molar-refractivity contribution is 8.00. The fourth-order valence-corrected chi connectivity index (χ4v) is 3.54. The Labute approximate surface area is 144 Å². The minimum Gasteiger partial charge on any atom is -0.352 e. The Hall–Kier alpha value is -1.60. The van der Waals surface area contributed by atoms with Crippen molar-refractivity contribution in [2.24, 2.45) is 0 Å². The highest BCUT2D eigenvalue weighted by Gasteiger charge is 2.23. The van der Waals surface area contributed by atoms with E-state index in [0.29, 0.717) is 16.2 Å². The zero-order chi connectivity index (χ0) is 16.2. The van der Waals surface area contributed by atoms with Crippen LogP contribution in [-0.2, 0) is 4.79 Å². The summed E-state index contributed by atoms with van der Waals surface area (Å²) >= 11 is 7.25. The van der Waals surface area contributed by atoms with Crippen molar-refractivity contribution in [3.63, 3.8) is 0 Å². The number of halogens is 1. The molecule has 0 saturated heterocycles. The van der Waals surface area contributed by atoms with Gasteiger partial charge in [0.05, 0.1) is 10.9 Å². The first-order chi connectivity index (χ1) is 11.1. The van der Waals surface area contributed by atoms with Crippen LogP contribution >= 0.6 is 23.4 Å². The average Bonchev–Trinajstić information content (AvgIpc) is 3.20. The van der Waals surface area contributed by atoms with Crippen LogP contribution in [0.25, 0.3) is 5.69 Å². The minimum atomic E-state index is -0.257. The third-order valence-corrected chi connectivity index (χ3v) is 5.15. The van der Waals surface area contributed by atoms with Crippen molar-refractivity contribution in [2.45, 2.75) is 49.1 Å². The van der Waals surface area contributed by atoms with E-state index in [4.69, 9.17) is 11.6 Å². The van der Waals surface area contributed by atoms with Gasteiger partial charge in [0.25, 0.3) is 0 Å². The molecule has 8 heteroatoms. The van der Waals surface area contributed by atoms with Gasteiger partial charge in [-0.3, -0.25) is 4.79 Å². The molecule has 1 atom stereocenters. The molecular formula is C15H18ClN5OS. The monoisotopic (exact) mass is 351 g/mol. The fraction of sp³-hybridized carbons (Fsp3) is 0.467. The van der Waals surface area contributed by atoms with E-state index in [1.165, 1.54) is 24.6 Å². The normalized spacial score (nSPS) is 16.4. The zero-order valence-corrected chi connectivity index (χ0v) is 14.3. The molecule has 1 unspecified atom stereocenters. The van der Waals surface area contributed by atoms with Crippen LogP contribution in [0.5, 0.6) is 0 Å². The molecule has 2 aromatic rings. The zero-order valence-electron chi connectivity index (χ0n) is 12.8. The standard InChI is InChI=1S/C15H18ClN5OS/c1-10(14(22)17-12-4-2-3-5-12)23-15-18-19-20-21(15)13-8-6-11(16)7-9-13/h6-10,12H,2-5H2,1H3,(H,17,22). The maximum atomic E-state index is 12.3. The van der Waals surface area contributed by atoms with Crippen molar-refractivity contribution >= 4 is 29.3 Å². The topological polar surface area (TPSA) is 72.7 Å². The maximum Gasteiger partial charge on any atom is 0.233 e. The summed E-state index contributed by atoms with van der Waals surface area (Å²) in [4.78, 5) is 12.3. The van der Waals surface area contributed by atoms with Crippen molar-refractivity contribution in [2.75, 3.05) is 0 Å². The second-order valence-corrected chi connectivity index (χ2v) is 7.34. The van der Waals surface area contributed by atoms with Crippen LogP contribution in [0.15, 0.2) is 29.4 Å².